The van der Waals surface area contributed by atoms with Crippen molar-refractivity contribution in [3.63, 3.8) is 0 Å². The van der Waals surface area contributed by atoms with Gasteiger partial charge in [0.05, 0.1) is 12.7 Å². The molecule has 0 aliphatic heterocycles. The molecular weight excluding hydrogens is 233 g/mol. The molecule has 1 aliphatic rings. The van der Waals surface area contributed by atoms with Gasteiger partial charge >= 0.3 is 6.18 Å². The van der Waals surface area contributed by atoms with Crippen LogP contribution in [0.5, 0.6) is 5.75 Å². The van der Waals surface area contributed by atoms with Crippen molar-refractivity contribution in [1.29, 1.82) is 0 Å². The minimum atomic E-state index is -4.47. The van der Waals surface area contributed by atoms with Crippen LogP contribution >= 0.6 is 0 Å². The second-order valence-electron chi connectivity index (χ2n) is 4.09. The Labute approximate surface area is 96.4 Å². The van der Waals surface area contributed by atoms with Crippen LogP contribution in [-0.2, 0) is 6.18 Å². The highest BCUT2D eigenvalue weighted by Crippen LogP contribution is 2.36. The van der Waals surface area contributed by atoms with E-state index in [1.165, 1.54) is 13.2 Å². The number of Topliss-reactive ketones (excluding diaryl/α,β-unsaturated/α-hetero) is 1. The molecule has 0 radical (unpaired) electrons. The Morgan fingerprint density at radius 2 is 1.94 bits per heavy atom. The van der Waals surface area contributed by atoms with E-state index in [2.05, 4.69) is 0 Å². The fourth-order valence-electron chi connectivity index (χ4n) is 1.60. The summed E-state index contributed by atoms with van der Waals surface area (Å²) in [6.07, 6.45) is -2.94. The van der Waals surface area contributed by atoms with E-state index in [4.69, 9.17) is 4.74 Å². The van der Waals surface area contributed by atoms with Crippen molar-refractivity contribution in [2.75, 3.05) is 7.11 Å². The number of carbonyl (C=O) groups is 1. The molecule has 1 saturated carbocycles. The first-order valence-electron chi connectivity index (χ1n) is 5.22. The van der Waals surface area contributed by atoms with Gasteiger partial charge < -0.3 is 4.74 Å². The number of benzene rings is 1. The smallest absolute Gasteiger partial charge is 0.416 e. The van der Waals surface area contributed by atoms with E-state index < -0.39 is 11.7 Å². The van der Waals surface area contributed by atoms with Crippen LogP contribution in [0, 0.1) is 5.92 Å². The number of methoxy groups -OCH3 is 1. The van der Waals surface area contributed by atoms with Crippen molar-refractivity contribution in [1.82, 2.24) is 0 Å². The molecule has 2 rings (SSSR count). The van der Waals surface area contributed by atoms with Gasteiger partial charge in [-0.1, -0.05) is 0 Å². The first kappa shape index (κ1) is 12.0. The topological polar surface area (TPSA) is 26.3 Å². The minimum absolute atomic E-state index is 0.0591. The zero-order valence-electron chi connectivity index (χ0n) is 9.17. The molecule has 0 bridgehead atoms. The van der Waals surface area contributed by atoms with E-state index in [1.54, 1.807) is 0 Å². The van der Waals surface area contributed by atoms with Gasteiger partial charge in [0.25, 0.3) is 0 Å². The molecule has 0 atom stereocenters. The van der Waals surface area contributed by atoms with E-state index in [0.29, 0.717) is 0 Å². The molecule has 1 aliphatic carbocycles. The third-order valence-corrected chi connectivity index (χ3v) is 2.70. The molecule has 0 N–H and O–H groups in total. The van der Waals surface area contributed by atoms with Gasteiger partial charge in [-0.2, -0.15) is 13.2 Å². The third-order valence-electron chi connectivity index (χ3n) is 2.70. The first-order valence-corrected chi connectivity index (χ1v) is 5.22. The normalized spacial score (nSPS) is 15.8. The van der Waals surface area contributed by atoms with Gasteiger partial charge in [0, 0.05) is 11.5 Å². The van der Waals surface area contributed by atoms with Gasteiger partial charge in [-0.15, -0.1) is 0 Å². The number of hydrogen-bond acceptors (Lipinski definition) is 2. The largest absolute Gasteiger partial charge is 0.497 e. The lowest BCUT2D eigenvalue weighted by Gasteiger charge is -2.11. The number of carbonyl (C=O) groups excluding carboxylic acids is 1. The van der Waals surface area contributed by atoms with Crippen LogP contribution in [0.3, 0.4) is 0 Å². The van der Waals surface area contributed by atoms with Crippen molar-refractivity contribution >= 4 is 5.78 Å². The maximum atomic E-state index is 12.6. The summed E-state index contributed by atoms with van der Waals surface area (Å²) in [5, 5.41) is 0. The lowest BCUT2D eigenvalue weighted by molar-refractivity contribution is -0.137. The predicted octanol–water partition coefficient (Wildman–Crippen LogP) is 3.31. The first-order chi connectivity index (χ1) is 7.91. The maximum Gasteiger partial charge on any atom is 0.416 e. The number of ketones is 1. The van der Waals surface area contributed by atoms with Gasteiger partial charge in [-0.25, -0.2) is 0 Å². The molecule has 2 nitrogen and oxygen atoms in total. The second kappa shape index (κ2) is 4.05. The molecule has 0 heterocycles. The summed E-state index contributed by atoms with van der Waals surface area (Å²) in [6.45, 7) is 0. The minimum Gasteiger partial charge on any atom is -0.497 e. The molecular formula is C12H11F3O2. The summed E-state index contributed by atoms with van der Waals surface area (Å²) in [7, 11) is 1.28. The van der Waals surface area contributed by atoms with Gasteiger partial charge in [0.1, 0.15) is 5.75 Å². The third kappa shape index (κ3) is 2.60. The van der Waals surface area contributed by atoms with Crippen LogP contribution in [-0.4, -0.2) is 12.9 Å². The van der Waals surface area contributed by atoms with Gasteiger partial charge in [0.15, 0.2) is 5.78 Å². The molecule has 0 unspecified atom stereocenters. The molecule has 0 spiro atoms. The Bertz CT molecular complexity index is 448. The Morgan fingerprint density at radius 1 is 1.29 bits per heavy atom. The van der Waals surface area contributed by atoms with E-state index in [-0.39, 0.29) is 23.0 Å². The zero-order valence-corrected chi connectivity index (χ0v) is 9.17. The molecule has 92 valence electrons. The summed E-state index contributed by atoms with van der Waals surface area (Å²) in [5.41, 5.74) is -0.764. The molecule has 0 amide bonds. The van der Waals surface area contributed by atoms with Crippen LogP contribution in [0.25, 0.3) is 0 Å². The summed E-state index contributed by atoms with van der Waals surface area (Å²) in [5.74, 6) is -0.276. The van der Waals surface area contributed by atoms with Crippen LogP contribution in [0.15, 0.2) is 18.2 Å². The molecule has 17 heavy (non-hydrogen) atoms. The highest BCUT2D eigenvalue weighted by atomic mass is 19.4. The second-order valence-corrected chi connectivity index (χ2v) is 4.09. The fraction of sp³-hybridized carbons (Fsp3) is 0.417. The van der Waals surface area contributed by atoms with Crippen molar-refractivity contribution in [2.24, 2.45) is 5.92 Å². The lowest BCUT2D eigenvalue weighted by atomic mass is 10.0. The average molecular weight is 244 g/mol. The maximum absolute atomic E-state index is 12.6. The average Bonchev–Trinajstić information content (AvgIpc) is 3.10. The van der Waals surface area contributed by atoms with Gasteiger partial charge in [0.2, 0.25) is 0 Å². The number of hydrogen-bond donors (Lipinski definition) is 0. The van der Waals surface area contributed by atoms with Crippen LogP contribution < -0.4 is 4.74 Å². The number of alkyl halides is 3. The highest BCUT2D eigenvalue weighted by Gasteiger charge is 2.35. The number of ether oxygens (including phenoxy) is 1. The summed E-state index contributed by atoms with van der Waals surface area (Å²) in [4.78, 5) is 11.7. The van der Waals surface area contributed by atoms with Crippen LogP contribution in [0.2, 0.25) is 0 Å². The molecule has 0 saturated heterocycles. The Kier molecular flexibility index (Phi) is 2.85. The van der Waals surface area contributed by atoms with Crippen molar-refractivity contribution in [3.8, 4) is 5.75 Å². The lowest BCUT2D eigenvalue weighted by Crippen LogP contribution is -2.09. The van der Waals surface area contributed by atoms with Gasteiger partial charge in [-0.05, 0) is 31.0 Å². The van der Waals surface area contributed by atoms with Crippen molar-refractivity contribution in [2.45, 2.75) is 19.0 Å². The van der Waals surface area contributed by atoms with E-state index in [1.807, 2.05) is 0 Å². The summed E-state index contributed by atoms with van der Waals surface area (Å²) >= 11 is 0. The quantitative estimate of drug-likeness (QED) is 0.762. The van der Waals surface area contributed by atoms with E-state index in [0.717, 1.165) is 25.0 Å². The zero-order chi connectivity index (χ0) is 12.6. The van der Waals surface area contributed by atoms with Crippen molar-refractivity contribution < 1.29 is 22.7 Å². The molecule has 1 fully saturated rings. The highest BCUT2D eigenvalue weighted by molar-refractivity contribution is 5.99. The predicted molar refractivity (Wildman–Crippen MR) is 55.1 cm³/mol. The monoisotopic (exact) mass is 244 g/mol. The molecule has 1 aromatic carbocycles. The standard InChI is InChI=1S/C12H11F3O2/c1-17-10-5-8(11(16)7-2-3-7)4-9(6-10)12(13,14)15/h4-7H,2-3H2,1H3. The molecule has 1 aromatic rings. The van der Waals surface area contributed by atoms with Crippen LogP contribution in [0.4, 0.5) is 13.2 Å². The van der Waals surface area contributed by atoms with E-state index >= 15 is 0 Å². The number of halogens is 3. The van der Waals surface area contributed by atoms with E-state index in [9.17, 15) is 18.0 Å². The Balaban J connectivity index is 2.41. The van der Waals surface area contributed by atoms with Gasteiger partial charge in [-0.3, -0.25) is 4.79 Å². The number of rotatable bonds is 3. The Morgan fingerprint density at radius 3 is 2.41 bits per heavy atom. The fourth-order valence-corrected chi connectivity index (χ4v) is 1.60. The molecule has 5 heteroatoms. The Hall–Kier alpha value is -1.52. The SMILES string of the molecule is COc1cc(C(=O)C2CC2)cc(C(F)(F)F)c1. The summed E-state index contributed by atoms with van der Waals surface area (Å²) in [6, 6.07) is 3.14. The molecule has 0 aromatic heterocycles. The van der Waals surface area contributed by atoms with Crippen molar-refractivity contribution in [3.05, 3.63) is 29.3 Å². The summed E-state index contributed by atoms with van der Waals surface area (Å²) < 4.78 is 42.6. The van der Waals surface area contributed by atoms with Crippen LogP contribution in [0.1, 0.15) is 28.8 Å².